The maximum atomic E-state index is 13.1. The van der Waals surface area contributed by atoms with Gasteiger partial charge < -0.3 is 15.4 Å². The van der Waals surface area contributed by atoms with Gasteiger partial charge in [-0.15, -0.1) is 0 Å². The largest absolute Gasteiger partial charge is 0.484 e. The molecular weight excluding hydrogens is 361 g/mol. The summed E-state index contributed by atoms with van der Waals surface area (Å²) in [5.74, 6) is -0.349. The van der Waals surface area contributed by atoms with Crippen molar-refractivity contribution in [2.24, 2.45) is 0 Å². The van der Waals surface area contributed by atoms with E-state index in [0.29, 0.717) is 12.3 Å². The fourth-order valence-electron chi connectivity index (χ4n) is 3.14. The number of nitrogens with zero attached hydrogens (tertiary/aromatic N) is 1. The van der Waals surface area contributed by atoms with Crippen molar-refractivity contribution >= 4 is 17.5 Å². The summed E-state index contributed by atoms with van der Waals surface area (Å²) in [5, 5.41) is 5.81. The molecule has 148 valence electrons. The van der Waals surface area contributed by atoms with Gasteiger partial charge in [-0.05, 0) is 37.1 Å². The number of likely N-dealkylation sites (tertiary alicyclic amines) is 1. The highest BCUT2D eigenvalue weighted by Gasteiger charge is 2.22. The van der Waals surface area contributed by atoms with E-state index < -0.39 is 5.82 Å². The minimum atomic E-state index is -0.401. The van der Waals surface area contributed by atoms with Crippen molar-refractivity contribution < 1.29 is 18.7 Å². The van der Waals surface area contributed by atoms with Crippen LogP contribution in [0.2, 0.25) is 0 Å². The molecule has 2 N–H and O–H groups in total. The summed E-state index contributed by atoms with van der Waals surface area (Å²) in [6.07, 6.45) is 1.54. The molecule has 1 aliphatic heterocycles. The molecule has 0 aromatic heterocycles. The van der Waals surface area contributed by atoms with Crippen molar-refractivity contribution in [3.63, 3.8) is 0 Å². The Bertz CT molecular complexity index is 792. The second-order valence-electron chi connectivity index (χ2n) is 6.78. The number of nitrogens with one attached hydrogen (secondary N) is 2. The molecule has 1 fully saturated rings. The number of anilines is 1. The van der Waals surface area contributed by atoms with Crippen LogP contribution in [0.4, 0.5) is 10.1 Å². The van der Waals surface area contributed by atoms with Gasteiger partial charge in [-0.1, -0.05) is 24.3 Å². The molecule has 7 heteroatoms. The molecule has 2 amide bonds. The number of carbonyl (C=O) groups excluding carboxylic acids is 2. The number of ether oxygens (including phenoxy) is 1. The van der Waals surface area contributed by atoms with E-state index in [1.807, 2.05) is 30.3 Å². The van der Waals surface area contributed by atoms with Crippen LogP contribution in [0.25, 0.3) is 0 Å². The quantitative estimate of drug-likeness (QED) is 0.768. The number of piperidine rings is 1. The molecular formula is C21H24FN3O3. The van der Waals surface area contributed by atoms with Gasteiger partial charge in [0.25, 0.3) is 5.91 Å². The molecule has 2 aromatic rings. The Balaban J connectivity index is 1.34. The zero-order chi connectivity index (χ0) is 19.8. The molecule has 0 aliphatic carbocycles. The molecule has 1 heterocycles. The van der Waals surface area contributed by atoms with Crippen molar-refractivity contribution in [2.75, 3.05) is 31.6 Å². The van der Waals surface area contributed by atoms with Crippen LogP contribution in [0.15, 0.2) is 54.6 Å². The summed E-state index contributed by atoms with van der Waals surface area (Å²) in [7, 11) is 0. The zero-order valence-corrected chi connectivity index (χ0v) is 15.6. The Kier molecular flexibility index (Phi) is 6.97. The second kappa shape index (κ2) is 9.85. The fraction of sp³-hybridized carbons (Fsp3) is 0.333. The van der Waals surface area contributed by atoms with Gasteiger partial charge in [0.05, 0.1) is 6.54 Å². The summed E-state index contributed by atoms with van der Waals surface area (Å²) in [6.45, 7) is 1.65. The maximum absolute atomic E-state index is 13.1. The summed E-state index contributed by atoms with van der Waals surface area (Å²) < 4.78 is 18.4. The van der Waals surface area contributed by atoms with Crippen LogP contribution in [0.1, 0.15) is 12.8 Å². The first-order valence-corrected chi connectivity index (χ1v) is 9.33. The third-order valence-corrected chi connectivity index (χ3v) is 4.54. The van der Waals surface area contributed by atoms with E-state index in [0.717, 1.165) is 31.6 Å². The summed E-state index contributed by atoms with van der Waals surface area (Å²) in [5.41, 5.74) is 0.785. The lowest BCUT2D eigenvalue weighted by Crippen LogP contribution is -2.47. The number of halogens is 1. The molecule has 28 heavy (non-hydrogen) atoms. The monoisotopic (exact) mass is 385 g/mol. The second-order valence-corrected chi connectivity index (χ2v) is 6.78. The molecule has 0 spiro atoms. The van der Waals surface area contributed by atoms with Crippen LogP contribution in [0, 0.1) is 5.82 Å². The van der Waals surface area contributed by atoms with Gasteiger partial charge in [-0.2, -0.15) is 0 Å². The molecule has 1 saturated heterocycles. The van der Waals surface area contributed by atoms with E-state index >= 15 is 0 Å². The standard InChI is InChI=1S/C21H24FN3O3/c22-16-5-4-8-19(13-16)28-15-21(27)24-18-9-11-25(12-10-18)14-20(26)23-17-6-2-1-3-7-17/h1-8,13,18H,9-12,14-15H2,(H,23,26)(H,24,27). The van der Waals surface area contributed by atoms with Gasteiger partial charge in [0.2, 0.25) is 5.91 Å². The van der Waals surface area contributed by atoms with Crippen LogP contribution in [-0.2, 0) is 9.59 Å². The zero-order valence-electron chi connectivity index (χ0n) is 15.6. The van der Waals surface area contributed by atoms with Gasteiger partial charge in [0.1, 0.15) is 11.6 Å². The highest BCUT2D eigenvalue weighted by molar-refractivity contribution is 5.92. The van der Waals surface area contributed by atoms with Crippen LogP contribution in [-0.4, -0.2) is 49.0 Å². The van der Waals surface area contributed by atoms with Crippen molar-refractivity contribution in [2.45, 2.75) is 18.9 Å². The molecule has 0 radical (unpaired) electrons. The summed E-state index contributed by atoms with van der Waals surface area (Å²) >= 11 is 0. The lowest BCUT2D eigenvalue weighted by Gasteiger charge is -2.31. The maximum Gasteiger partial charge on any atom is 0.258 e. The van der Waals surface area contributed by atoms with Gasteiger partial charge in [-0.3, -0.25) is 14.5 Å². The smallest absolute Gasteiger partial charge is 0.258 e. The fourth-order valence-corrected chi connectivity index (χ4v) is 3.14. The van der Waals surface area contributed by atoms with Crippen molar-refractivity contribution in [3.05, 3.63) is 60.4 Å². The first-order valence-electron chi connectivity index (χ1n) is 9.33. The molecule has 1 aliphatic rings. The Morgan fingerprint density at radius 2 is 1.79 bits per heavy atom. The number of carbonyl (C=O) groups is 2. The van der Waals surface area contributed by atoms with Crippen LogP contribution >= 0.6 is 0 Å². The average molecular weight is 385 g/mol. The normalized spacial score (nSPS) is 15.0. The number of amides is 2. The first-order chi connectivity index (χ1) is 13.6. The predicted molar refractivity (Wildman–Crippen MR) is 105 cm³/mol. The van der Waals surface area contributed by atoms with Crippen molar-refractivity contribution in [1.29, 1.82) is 0 Å². The van der Waals surface area contributed by atoms with E-state index in [-0.39, 0.29) is 24.5 Å². The number of rotatable bonds is 7. The minimum Gasteiger partial charge on any atom is -0.484 e. The summed E-state index contributed by atoms with van der Waals surface area (Å²) in [6, 6.07) is 15.1. The lowest BCUT2D eigenvalue weighted by molar-refractivity contribution is -0.124. The molecule has 0 bridgehead atoms. The SMILES string of the molecule is O=C(CN1CCC(NC(=O)COc2cccc(F)c2)CC1)Nc1ccccc1. The molecule has 3 rings (SSSR count). The molecule has 6 nitrogen and oxygen atoms in total. The lowest BCUT2D eigenvalue weighted by atomic mass is 10.1. The summed E-state index contributed by atoms with van der Waals surface area (Å²) in [4.78, 5) is 26.2. The van der Waals surface area contributed by atoms with Gasteiger partial charge in [0, 0.05) is 30.9 Å². The molecule has 2 aromatic carbocycles. The number of benzene rings is 2. The first kappa shape index (κ1) is 19.8. The molecule has 0 unspecified atom stereocenters. The highest BCUT2D eigenvalue weighted by atomic mass is 19.1. The molecule has 0 saturated carbocycles. The van der Waals surface area contributed by atoms with Crippen molar-refractivity contribution in [1.82, 2.24) is 10.2 Å². The average Bonchev–Trinajstić information content (AvgIpc) is 2.69. The van der Waals surface area contributed by atoms with E-state index in [1.165, 1.54) is 18.2 Å². The van der Waals surface area contributed by atoms with E-state index in [2.05, 4.69) is 15.5 Å². The molecule has 0 atom stereocenters. The van der Waals surface area contributed by atoms with E-state index in [4.69, 9.17) is 4.74 Å². The number of para-hydroxylation sites is 1. The Morgan fingerprint density at radius 3 is 2.50 bits per heavy atom. The Hall–Kier alpha value is -2.93. The van der Waals surface area contributed by atoms with E-state index in [1.54, 1.807) is 6.07 Å². The van der Waals surface area contributed by atoms with E-state index in [9.17, 15) is 14.0 Å². The third kappa shape index (κ3) is 6.35. The number of hydrogen-bond acceptors (Lipinski definition) is 4. The van der Waals surface area contributed by atoms with Gasteiger partial charge >= 0.3 is 0 Å². The highest BCUT2D eigenvalue weighted by Crippen LogP contribution is 2.13. The van der Waals surface area contributed by atoms with Crippen LogP contribution < -0.4 is 15.4 Å². The third-order valence-electron chi connectivity index (χ3n) is 4.54. The predicted octanol–water partition coefficient (Wildman–Crippen LogP) is 2.42. The van der Waals surface area contributed by atoms with Crippen LogP contribution in [0.3, 0.4) is 0 Å². The topological polar surface area (TPSA) is 70.7 Å². The Morgan fingerprint density at radius 1 is 1.04 bits per heavy atom. The Labute approximate surface area is 163 Å². The number of hydrogen-bond donors (Lipinski definition) is 2. The minimum absolute atomic E-state index is 0.0443. The van der Waals surface area contributed by atoms with Crippen LogP contribution in [0.5, 0.6) is 5.75 Å². The van der Waals surface area contributed by atoms with Gasteiger partial charge in [-0.25, -0.2) is 4.39 Å². The van der Waals surface area contributed by atoms with Crippen molar-refractivity contribution in [3.8, 4) is 5.75 Å². The van der Waals surface area contributed by atoms with Gasteiger partial charge in [0.15, 0.2) is 6.61 Å².